The summed E-state index contributed by atoms with van der Waals surface area (Å²) in [6.07, 6.45) is 1.70. The van der Waals surface area contributed by atoms with Crippen molar-refractivity contribution in [2.75, 3.05) is 23.7 Å². The highest BCUT2D eigenvalue weighted by Crippen LogP contribution is 2.23. The van der Waals surface area contributed by atoms with E-state index in [1.807, 2.05) is 30.3 Å². The second kappa shape index (κ2) is 7.19. The number of fused-ring (bicyclic) bond motifs is 1. The van der Waals surface area contributed by atoms with Crippen LogP contribution in [-0.4, -0.2) is 28.1 Å². The molecular formula is C21H21N5O2. The summed E-state index contributed by atoms with van der Waals surface area (Å²) in [4.78, 5) is 14.8. The zero-order valence-corrected chi connectivity index (χ0v) is 15.8. The predicted molar refractivity (Wildman–Crippen MR) is 111 cm³/mol. The van der Waals surface area contributed by atoms with Gasteiger partial charge in [-0.2, -0.15) is 0 Å². The molecule has 0 aliphatic carbocycles. The fourth-order valence-electron chi connectivity index (χ4n) is 3.20. The average molecular weight is 375 g/mol. The fraction of sp³-hybridized carbons (Fsp3) is 0.190. The van der Waals surface area contributed by atoms with Crippen molar-refractivity contribution in [2.24, 2.45) is 0 Å². The second-order valence-electron chi connectivity index (χ2n) is 6.48. The molecule has 0 atom stereocenters. The van der Waals surface area contributed by atoms with Crippen LogP contribution in [-0.2, 0) is 0 Å². The number of nitrogens with zero attached hydrogens (tertiary/aromatic N) is 4. The monoisotopic (exact) mass is 375 g/mol. The molecule has 7 nitrogen and oxygen atoms in total. The summed E-state index contributed by atoms with van der Waals surface area (Å²) in [5, 5.41) is 9.08. The van der Waals surface area contributed by atoms with Gasteiger partial charge in [-0.15, -0.1) is 5.10 Å². The van der Waals surface area contributed by atoms with Gasteiger partial charge in [0.15, 0.2) is 5.69 Å². The van der Waals surface area contributed by atoms with Gasteiger partial charge in [-0.05, 0) is 44.2 Å². The van der Waals surface area contributed by atoms with Crippen molar-refractivity contribution in [2.45, 2.75) is 13.8 Å². The largest absolute Gasteiger partial charge is 0.421 e. The molecule has 0 bridgehead atoms. The van der Waals surface area contributed by atoms with Crippen molar-refractivity contribution in [3.05, 3.63) is 65.1 Å². The van der Waals surface area contributed by atoms with Crippen molar-refractivity contribution < 1.29 is 4.42 Å². The number of hydrogen-bond acceptors (Lipinski definition) is 6. The van der Waals surface area contributed by atoms with Gasteiger partial charge in [0.25, 0.3) is 0 Å². The van der Waals surface area contributed by atoms with Gasteiger partial charge >= 0.3 is 5.63 Å². The van der Waals surface area contributed by atoms with Crippen LogP contribution in [0.1, 0.15) is 13.8 Å². The lowest BCUT2D eigenvalue weighted by molar-refractivity contribution is 0.550. The average Bonchev–Trinajstić information content (AvgIpc) is 3.19. The zero-order chi connectivity index (χ0) is 19.7. The minimum absolute atomic E-state index is 0.317. The highest BCUT2D eigenvalue weighted by atomic mass is 16.4. The Morgan fingerprint density at radius 1 is 1.07 bits per heavy atom. The van der Waals surface area contributed by atoms with Gasteiger partial charge in [-0.3, -0.25) is 0 Å². The minimum Gasteiger partial charge on any atom is -0.421 e. The van der Waals surface area contributed by atoms with Gasteiger partial charge in [0.2, 0.25) is 0 Å². The molecular weight excluding hydrogens is 354 g/mol. The first-order valence-corrected chi connectivity index (χ1v) is 9.20. The first-order valence-electron chi connectivity index (χ1n) is 9.20. The molecule has 4 rings (SSSR count). The number of aromatic nitrogens is 3. The Bertz CT molecular complexity index is 1170. The van der Waals surface area contributed by atoms with E-state index in [0.29, 0.717) is 22.7 Å². The molecule has 0 spiro atoms. The lowest BCUT2D eigenvalue weighted by atomic mass is 10.1. The smallest absolute Gasteiger partial charge is 0.362 e. The summed E-state index contributed by atoms with van der Waals surface area (Å²) < 4.78 is 7.01. The Balaban J connectivity index is 1.73. The van der Waals surface area contributed by atoms with Gasteiger partial charge < -0.3 is 15.1 Å². The van der Waals surface area contributed by atoms with Crippen LogP contribution in [0.4, 0.5) is 11.4 Å². The zero-order valence-electron chi connectivity index (χ0n) is 15.8. The summed E-state index contributed by atoms with van der Waals surface area (Å²) in [5.41, 5.74) is 9.36. The van der Waals surface area contributed by atoms with E-state index in [-0.39, 0.29) is 0 Å². The topological polar surface area (TPSA) is 90.2 Å². The standard InChI is InChI=1S/C21H21N5O2/c1-3-25(4-2)17-10-7-15-11-19(21(27)28-20(15)12-17)26-13-18(23-24-26)14-5-8-16(22)9-6-14/h5-13H,3-4,22H2,1-2H3. The molecule has 0 aliphatic rings. The highest BCUT2D eigenvalue weighted by Gasteiger charge is 2.12. The van der Waals surface area contributed by atoms with Crippen molar-refractivity contribution in [3.8, 4) is 16.9 Å². The van der Waals surface area contributed by atoms with Crippen LogP contribution in [0.25, 0.3) is 27.9 Å². The van der Waals surface area contributed by atoms with Crippen molar-refractivity contribution in [3.63, 3.8) is 0 Å². The lowest BCUT2D eigenvalue weighted by Gasteiger charge is -2.20. The normalized spacial score (nSPS) is 11.1. The van der Waals surface area contributed by atoms with Crippen LogP contribution in [0.2, 0.25) is 0 Å². The Hall–Kier alpha value is -3.61. The molecule has 2 aromatic carbocycles. The maximum absolute atomic E-state index is 12.6. The molecule has 7 heteroatoms. The highest BCUT2D eigenvalue weighted by molar-refractivity contribution is 5.82. The van der Waals surface area contributed by atoms with Gasteiger partial charge in [0.05, 0.1) is 6.20 Å². The van der Waals surface area contributed by atoms with Crippen LogP contribution in [0, 0.1) is 0 Å². The summed E-state index contributed by atoms with van der Waals surface area (Å²) in [6, 6.07) is 15.0. The van der Waals surface area contributed by atoms with E-state index >= 15 is 0 Å². The summed E-state index contributed by atoms with van der Waals surface area (Å²) >= 11 is 0. The van der Waals surface area contributed by atoms with E-state index in [0.717, 1.165) is 29.7 Å². The number of nitrogen functional groups attached to an aromatic ring is 1. The Morgan fingerprint density at radius 2 is 1.82 bits per heavy atom. The van der Waals surface area contributed by atoms with E-state index in [4.69, 9.17) is 10.2 Å². The molecule has 28 heavy (non-hydrogen) atoms. The third-order valence-corrected chi connectivity index (χ3v) is 4.78. The molecule has 0 radical (unpaired) electrons. The second-order valence-corrected chi connectivity index (χ2v) is 6.48. The van der Waals surface area contributed by atoms with E-state index in [2.05, 4.69) is 29.1 Å². The molecule has 4 aromatic rings. The van der Waals surface area contributed by atoms with Crippen molar-refractivity contribution in [1.82, 2.24) is 15.0 Å². The van der Waals surface area contributed by atoms with Crippen LogP contribution >= 0.6 is 0 Å². The maximum Gasteiger partial charge on any atom is 0.362 e. The minimum atomic E-state index is -0.460. The summed E-state index contributed by atoms with van der Waals surface area (Å²) in [6.45, 7) is 5.96. The third-order valence-electron chi connectivity index (χ3n) is 4.78. The number of benzene rings is 2. The summed E-state index contributed by atoms with van der Waals surface area (Å²) in [5.74, 6) is 0. The number of anilines is 2. The molecule has 0 saturated carbocycles. The number of rotatable bonds is 5. The van der Waals surface area contributed by atoms with Gasteiger partial charge in [0.1, 0.15) is 11.3 Å². The SMILES string of the molecule is CCN(CC)c1ccc2cc(-n3cc(-c4ccc(N)cc4)nn3)c(=O)oc2c1. The Kier molecular flexibility index (Phi) is 4.57. The molecule has 0 unspecified atom stereocenters. The number of nitrogens with two attached hydrogens (primary N) is 1. The Labute approximate surface area is 162 Å². The first kappa shape index (κ1) is 17.8. The molecule has 0 fully saturated rings. The van der Waals surface area contributed by atoms with Crippen LogP contribution in [0.15, 0.2) is 63.9 Å². The van der Waals surface area contributed by atoms with E-state index < -0.39 is 5.63 Å². The van der Waals surface area contributed by atoms with Crippen LogP contribution in [0.5, 0.6) is 0 Å². The quantitative estimate of drug-likeness (QED) is 0.424. The predicted octanol–water partition coefficient (Wildman–Crippen LogP) is 3.47. The molecule has 2 aromatic heterocycles. The fourth-order valence-corrected chi connectivity index (χ4v) is 3.20. The van der Waals surface area contributed by atoms with Crippen molar-refractivity contribution in [1.29, 1.82) is 0 Å². The van der Waals surface area contributed by atoms with E-state index in [9.17, 15) is 4.79 Å². The third kappa shape index (κ3) is 3.22. The Morgan fingerprint density at radius 3 is 2.54 bits per heavy atom. The van der Waals surface area contributed by atoms with Crippen molar-refractivity contribution >= 4 is 22.3 Å². The molecule has 0 aliphatic heterocycles. The molecule has 142 valence electrons. The van der Waals surface area contributed by atoms with E-state index in [1.54, 1.807) is 24.4 Å². The molecule has 0 saturated heterocycles. The van der Waals surface area contributed by atoms with Gasteiger partial charge in [-0.25, -0.2) is 9.48 Å². The first-order chi connectivity index (χ1) is 13.6. The number of hydrogen-bond donors (Lipinski definition) is 1. The maximum atomic E-state index is 12.6. The molecule has 2 N–H and O–H groups in total. The van der Waals surface area contributed by atoms with E-state index in [1.165, 1.54) is 4.68 Å². The molecule has 0 amide bonds. The van der Waals surface area contributed by atoms with Crippen LogP contribution < -0.4 is 16.3 Å². The molecule has 2 heterocycles. The summed E-state index contributed by atoms with van der Waals surface area (Å²) in [7, 11) is 0. The van der Waals surface area contributed by atoms with Crippen LogP contribution in [0.3, 0.4) is 0 Å². The lowest BCUT2D eigenvalue weighted by Crippen LogP contribution is -2.21. The van der Waals surface area contributed by atoms with Gasteiger partial charge in [0, 0.05) is 41.5 Å². The van der Waals surface area contributed by atoms with Gasteiger partial charge in [-0.1, -0.05) is 17.3 Å².